The third-order valence-electron chi connectivity index (χ3n) is 4.82. The molecule has 0 aromatic heterocycles. The first-order chi connectivity index (χ1) is 13.4. The molecule has 6 nitrogen and oxygen atoms in total. The van der Waals surface area contributed by atoms with Crippen LogP contribution in [0.2, 0.25) is 0 Å². The van der Waals surface area contributed by atoms with E-state index in [1.54, 1.807) is 17.0 Å². The van der Waals surface area contributed by atoms with Crippen molar-refractivity contribution in [3.63, 3.8) is 0 Å². The number of rotatable bonds is 5. The Labute approximate surface area is 168 Å². The molecule has 1 fully saturated rings. The van der Waals surface area contributed by atoms with Gasteiger partial charge < -0.3 is 4.90 Å². The number of hydrogen-bond donors (Lipinski definition) is 1. The Hall–Kier alpha value is -2.03. The summed E-state index contributed by atoms with van der Waals surface area (Å²) in [5.74, 6) is 0.807. The number of nitrogens with one attached hydrogen (secondary N) is 1. The SMILES string of the molecule is C[C@@H]1CC[S@@](=O)CCN1C(=O)c1cccc(S(=O)(=O)NCc2ccccc2)c1. The van der Waals surface area contributed by atoms with Crippen LogP contribution in [0.4, 0.5) is 0 Å². The van der Waals surface area contributed by atoms with Gasteiger partial charge in [-0.3, -0.25) is 9.00 Å². The highest BCUT2D eigenvalue weighted by atomic mass is 32.2. The molecule has 1 amide bonds. The van der Waals surface area contributed by atoms with Crippen molar-refractivity contribution in [2.24, 2.45) is 0 Å². The third-order valence-corrected chi connectivity index (χ3v) is 7.54. The zero-order valence-corrected chi connectivity index (χ0v) is 17.3. The number of amides is 1. The molecule has 0 radical (unpaired) electrons. The van der Waals surface area contributed by atoms with Gasteiger partial charge in [-0.2, -0.15) is 0 Å². The van der Waals surface area contributed by atoms with Crippen LogP contribution in [0.25, 0.3) is 0 Å². The summed E-state index contributed by atoms with van der Waals surface area (Å²) in [6.45, 7) is 2.52. The largest absolute Gasteiger partial charge is 0.335 e. The molecular weight excluding hydrogens is 396 g/mol. The summed E-state index contributed by atoms with van der Waals surface area (Å²) in [7, 11) is -4.66. The molecule has 3 rings (SSSR count). The highest BCUT2D eigenvalue weighted by Gasteiger charge is 2.26. The molecule has 0 bridgehead atoms. The first-order valence-corrected chi connectivity index (χ1v) is 12.1. The number of sulfonamides is 1. The lowest BCUT2D eigenvalue weighted by Gasteiger charge is -2.27. The van der Waals surface area contributed by atoms with Crippen LogP contribution >= 0.6 is 0 Å². The van der Waals surface area contributed by atoms with E-state index in [1.807, 2.05) is 37.3 Å². The van der Waals surface area contributed by atoms with Crippen molar-refractivity contribution in [1.82, 2.24) is 9.62 Å². The fraction of sp³-hybridized carbons (Fsp3) is 0.350. The van der Waals surface area contributed by atoms with Gasteiger partial charge in [-0.25, -0.2) is 13.1 Å². The Kier molecular flexibility index (Phi) is 6.64. The van der Waals surface area contributed by atoms with E-state index in [4.69, 9.17) is 0 Å². The molecule has 0 unspecified atom stereocenters. The second kappa shape index (κ2) is 8.98. The van der Waals surface area contributed by atoms with Crippen LogP contribution in [0.5, 0.6) is 0 Å². The van der Waals surface area contributed by atoms with E-state index in [0.29, 0.717) is 30.0 Å². The topological polar surface area (TPSA) is 83.6 Å². The zero-order valence-electron chi connectivity index (χ0n) is 15.7. The lowest BCUT2D eigenvalue weighted by Crippen LogP contribution is -2.39. The van der Waals surface area contributed by atoms with Crippen LogP contribution in [-0.2, 0) is 27.4 Å². The van der Waals surface area contributed by atoms with Crippen molar-refractivity contribution in [3.05, 3.63) is 65.7 Å². The van der Waals surface area contributed by atoms with Crippen LogP contribution in [-0.4, -0.2) is 47.5 Å². The van der Waals surface area contributed by atoms with Gasteiger partial charge >= 0.3 is 0 Å². The number of carbonyl (C=O) groups excluding carboxylic acids is 1. The van der Waals surface area contributed by atoms with Crippen LogP contribution in [0.15, 0.2) is 59.5 Å². The number of benzene rings is 2. The van der Waals surface area contributed by atoms with Gasteiger partial charge in [-0.15, -0.1) is 0 Å². The Morgan fingerprint density at radius 2 is 1.89 bits per heavy atom. The second-order valence-electron chi connectivity index (χ2n) is 6.82. The van der Waals surface area contributed by atoms with Gasteiger partial charge in [0.2, 0.25) is 10.0 Å². The molecule has 0 saturated carbocycles. The molecule has 1 aliphatic rings. The molecule has 1 saturated heterocycles. The quantitative estimate of drug-likeness (QED) is 0.803. The zero-order chi connectivity index (χ0) is 20.1. The van der Waals surface area contributed by atoms with Crippen LogP contribution in [0, 0.1) is 0 Å². The molecule has 0 aliphatic carbocycles. The predicted octanol–water partition coefficient (Wildman–Crippen LogP) is 2.15. The standard InChI is InChI=1S/C20H24N2O4S2/c1-16-10-12-27(24)13-11-22(16)20(23)18-8-5-9-19(14-18)28(25,26)21-15-17-6-3-2-4-7-17/h2-9,14,16,21H,10-13,15H2,1H3/t16-,27-/m1/s1. The van der Waals surface area contributed by atoms with Gasteiger partial charge in [-0.05, 0) is 37.1 Å². The maximum absolute atomic E-state index is 12.9. The molecule has 150 valence electrons. The van der Waals surface area contributed by atoms with Crippen LogP contribution in [0.1, 0.15) is 29.3 Å². The lowest BCUT2D eigenvalue weighted by molar-refractivity contribution is 0.0706. The molecule has 2 aromatic rings. The normalized spacial score (nSPS) is 20.5. The van der Waals surface area contributed by atoms with E-state index < -0.39 is 20.8 Å². The van der Waals surface area contributed by atoms with Crippen molar-refractivity contribution >= 4 is 26.7 Å². The molecule has 28 heavy (non-hydrogen) atoms. The Morgan fingerprint density at radius 3 is 2.64 bits per heavy atom. The molecule has 1 N–H and O–H groups in total. The van der Waals surface area contributed by atoms with Gasteiger partial charge in [0.15, 0.2) is 0 Å². The van der Waals surface area contributed by atoms with Gasteiger partial charge in [0.05, 0.1) is 4.90 Å². The molecule has 2 atom stereocenters. The summed E-state index contributed by atoms with van der Waals surface area (Å²) in [5, 5.41) is 0. The van der Waals surface area contributed by atoms with Crippen molar-refractivity contribution in [3.8, 4) is 0 Å². The number of hydrogen-bond acceptors (Lipinski definition) is 4. The van der Waals surface area contributed by atoms with E-state index in [9.17, 15) is 17.4 Å². The first-order valence-electron chi connectivity index (χ1n) is 9.16. The summed E-state index contributed by atoms with van der Waals surface area (Å²) in [4.78, 5) is 14.7. The van der Waals surface area contributed by atoms with Crippen molar-refractivity contribution in [2.75, 3.05) is 18.1 Å². The Morgan fingerprint density at radius 1 is 1.14 bits per heavy atom. The van der Waals surface area contributed by atoms with E-state index in [0.717, 1.165) is 5.56 Å². The van der Waals surface area contributed by atoms with Crippen LogP contribution in [0.3, 0.4) is 0 Å². The summed E-state index contributed by atoms with van der Waals surface area (Å²) in [6, 6.07) is 15.3. The average molecular weight is 421 g/mol. The highest BCUT2D eigenvalue weighted by Crippen LogP contribution is 2.18. The fourth-order valence-electron chi connectivity index (χ4n) is 3.10. The smallest absolute Gasteiger partial charge is 0.254 e. The lowest BCUT2D eigenvalue weighted by atomic mass is 10.1. The highest BCUT2D eigenvalue weighted by molar-refractivity contribution is 7.89. The summed E-state index contributed by atoms with van der Waals surface area (Å²) >= 11 is 0. The van der Waals surface area contributed by atoms with Gasteiger partial charge in [-0.1, -0.05) is 36.4 Å². The molecule has 2 aromatic carbocycles. The monoisotopic (exact) mass is 420 g/mol. The Bertz CT molecular complexity index is 961. The average Bonchev–Trinajstić information content (AvgIpc) is 2.88. The van der Waals surface area contributed by atoms with Crippen molar-refractivity contribution in [2.45, 2.75) is 30.8 Å². The van der Waals surface area contributed by atoms with E-state index in [1.165, 1.54) is 12.1 Å². The summed E-state index contributed by atoms with van der Waals surface area (Å²) in [5.41, 5.74) is 1.17. The van der Waals surface area contributed by atoms with Crippen LogP contribution < -0.4 is 4.72 Å². The second-order valence-corrected chi connectivity index (χ2v) is 10.3. The van der Waals surface area contributed by atoms with E-state index >= 15 is 0 Å². The maximum Gasteiger partial charge on any atom is 0.254 e. The van der Waals surface area contributed by atoms with Gasteiger partial charge in [0.25, 0.3) is 5.91 Å². The number of nitrogens with zero attached hydrogens (tertiary/aromatic N) is 1. The predicted molar refractivity (Wildman–Crippen MR) is 110 cm³/mol. The minimum Gasteiger partial charge on any atom is -0.335 e. The summed E-state index contributed by atoms with van der Waals surface area (Å²) in [6.07, 6.45) is 0.676. The van der Waals surface area contributed by atoms with Gasteiger partial charge in [0.1, 0.15) is 0 Å². The molecule has 8 heteroatoms. The maximum atomic E-state index is 12.9. The van der Waals surface area contributed by atoms with Gasteiger partial charge in [0, 0.05) is 47.0 Å². The minimum atomic E-state index is -3.74. The van der Waals surface area contributed by atoms with E-state index in [2.05, 4.69) is 4.72 Å². The molecule has 1 aliphatic heterocycles. The fourth-order valence-corrected chi connectivity index (χ4v) is 5.37. The van der Waals surface area contributed by atoms with Crippen molar-refractivity contribution < 1.29 is 17.4 Å². The Balaban J connectivity index is 1.77. The molecular formula is C20H24N2O4S2. The number of carbonyl (C=O) groups is 1. The minimum absolute atomic E-state index is 0.0320. The first kappa shape index (κ1) is 20.7. The third kappa shape index (κ3) is 5.06. The molecule has 1 heterocycles. The summed E-state index contributed by atoms with van der Waals surface area (Å²) < 4.78 is 39.6. The van der Waals surface area contributed by atoms with E-state index in [-0.39, 0.29) is 23.4 Å². The molecule has 0 spiro atoms. The van der Waals surface area contributed by atoms with Crippen molar-refractivity contribution in [1.29, 1.82) is 0 Å².